The van der Waals surface area contributed by atoms with E-state index in [2.05, 4.69) is 9.71 Å². The fourth-order valence-corrected chi connectivity index (χ4v) is 4.64. The molecule has 2 heterocycles. The van der Waals surface area contributed by atoms with Gasteiger partial charge < -0.3 is 9.30 Å². The number of para-hydroxylation sites is 1. The van der Waals surface area contributed by atoms with Crippen LogP contribution in [0, 0.1) is 6.92 Å². The third-order valence-electron chi connectivity index (χ3n) is 5.30. The zero-order valence-corrected chi connectivity index (χ0v) is 18.6. The Bertz CT molecular complexity index is 1430. The fraction of sp³-hybridized carbons (Fsp3) is 0.167. The normalized spacial score (nSPS) is 11.6. The Morgan fingerprint density at radius 2 is 1.78 bits per heavy atom. The summed E-state index contributed by atoms with van der Waals surface area (Å²) in [5.74, 6) is 0.126. The van der Waals surface area contributed by atoms with Gasteiger partial charge in [0.2, 0.25) is 15.5 Å². The molecule has 0 aliphatic heterocycles. The molecular formula is C24H23N3O4S. The number of hydrogen-bond donors (Lipinski definition) is 1. The minimum Gasteiger partial charge on any atom is -0.483 e. The molecule has 2 aromatic carbocycles. The lowest BCUT2D eigenvalue weighted by atomic mass is 10.2. The molecule has 0 saturated carbocycles. The minimum atomic E-state index is -3.89. The van der Waals surface area contributed by atoms with Crippen LogP contribution in [0.2, 0.25) is 0 Å². The lowest BCUT2D eigenvalue weighted by Crippen LogP contribution is -2.28. The van der Waals surface area contributed by atoms with E-state index in [4.69, 9.17) is 4.74 Å². The second-order valence-electron chi connectivity index (χ2n) is 7.41. The fourth-order valence-electron chi connectivity index (χ4n) is 3.48. The van der Waals surface area contributed by atoms with Gasteiger partial charge in [-0.1, -0.05) is 48.5 Å². The number of aromatic nitrogens is 2. The summed E-state index contributed by atoms with van der Waals surface area (Å²) in [5.41, 5.74) is 2.15. The molecule has 164 valence electrons. The van der Waals surface area contributed by atoms with Crippen molar-refractivity contribution < 1.29 is 13.2 Å². The van der Waals surface area contributed by atoms with E-state index in [1.54, 1.807) is 49.0 Å². The molecule has 0 spiro atoms. The van der Waals surface area contributed by atoms with E-state index in [0.717, 1.165) is 10.9 Å². The summed E-state index contributed by atoms with van der Waals surface area (Å²) in [7, 11) is -2.12. The van der Waals surface area contributed by atoms with E-state index in [1.165, 1.54) is 12.1 Å². The van der Waals surface area contributed by atoms with Crippen LogP contribution in [0.4, 0.5) is 0 Å². The zero-order chi connectivity index (χ0) is 22.7. The van der Waals surface area contributed by atoms with Crippen LogP contribution < -0.4 is 14.9 Å². The highest BCUT2D eigenvalue weighted by atomic mass is 32.2. The number of sulfonamides is 1. The lowest BCUT2D eigenvalue weighted by Gasteiger charge is -2.18. The second-order valence-corrected chi connectivity index (χ2v) is 9.15. The summed E-state index contributed by atoms with van der Waals surface area (Å²) < 4.78 is 36.4. The number of nitrogens with zero attached hydrogens (tertiary/aromatic N) is 2. The van der Waals surface area contributed by atoms with Crippen LogP contribution in [-0.2, 0) is 30.2 Å². The van der Waals surface area contributed by atoms with E-state index >= 15 is 0 Å². The summed E-state index contributed by atoms with van der Waals surface area (Å²) >= 11 is 0. The first-order valence-corrected chi connectivity index (χ1v) is 11.5. The van der Waals surface area contributed by atoms with Gasteiger partial charge in [0.1, 0.15) is 11.5 Å². The molecule has 4 rings (SSSR count). The molecule has 0 radical (unpaired) electrons. The van der Waals surface area contributed by atoms with Crippen molar-refractivity contribution in [2.24, 2.45) is 7.05 Å². The van der Waals surface area contributed by atoms with Crippen LogP contribution in [0.25, 0.3) is 10.9 Å². The quantitative estimate of drug-likeness (QED) is 0.468. The average Bonchev–Trinajstić information content (AvgIpc) is 2.80. The lowest BCUT2D eigenvalue weighted by molar-refractivity contribution is 0.295. The van der Waals surface area contributed by atoms with E-state index in [9.17, 15) is 13.2 Å². The number of ether oxygens (including phenoxy) is 1. The van der Waals surface area contributed by atoms with Crippen molar-refractivity contribution in [2.75, 3.05) is 0 Å². The highest BCUT2D eigenvalue weighted by molar-refractivity contribution is 7.89. The van der Waals surface area contributed by atoms with Gasteiger partial charge in [-0.15, -0.1) is 0 Å². The number of rotatable bonds is 7. The second kappa shape index (κ2) is 8.94. The third kappa shape index (κ3) is 4.42. The molecular weight excluding hydrogens is 426 g/mol. The third-order valence-corrected chi connectivity index (χ3v) is 6.73. The number of fused-ring (bicyclic) bond motifs is 1. The number of pyridine rings is 2. The molecule has 0 aliphatic rings. The zero-order valence-electron chi connectivity index (χ0n) is 17.8. The van der Waals surface area contributed by atoms with Gasteiger partial charge in [-0.25, -0.2) is 13.1 Å². The predicted octanol–water partition coefficient (Wildman–Crippen LogP) is 3.30. The van der Waals surface area contributed by atoms with Gasteiger partial charge in [0.05, 0.1) is 17.8 Å². The largest absolute Gasteiger partial charge is 0.483 e. The Hall–Kier alpha value is -3.49. The SMILES string of the molecule is Cc1cc(=O)c(OCc2ccccc2)c(CNS(=O)(=O)c2cccc3cccnc23)n1C. The Balaban J connectivity index is 1.65. The van der Waals surface area contributed by atoms with Gasteiger partial charge in [0.15, 0.2) is 5.75 Å². The molecule has 0 fully saturated rings. The maximum Gasteiger partial charge on any atom is 0.243 e. The van der Waals surface area contributed by atoms with Crippen LogP contribution in [0.1, 0.15) is 17.0 Å². The molecule has 7 nitrogen and oxygen atoms in total. The Morgan fingerprint density at radius 3 is 2.56 bits per heavy atom. The Kier molecular flexibility index (Phi) is 6.07. The van der Waals surface area contributed by atoms with Gasteiger partial charge in [-0.2, -0.15) is 0 Å². The highest BCUT2D eigenvalue weighted by Gasteiger charge is 2.21. The molecule has 4 aromatic rings. The van der Waals surface area contributed by atoms with Crippen molar-refractivity contribution in [3.63, 3.8) is 0 Å². The maximum absolute atomic E-state index is 13.1. The van der Waals surface area contributed by atoms with Gasteiger partial charge in [-0.05, 0) is 24.6 Å². The molecule has 1 N–H and O–H groups in total. The van der Waals surface area contributed by atoms with Crippen LogP contribution in [0.3, 0.4) is 0 Å². The summed E-state index contributed by atoms with van der Waals surface area (Å²) in [5, 5.41) is 0.727. The summed E-state index contributed by atoms with van der Waals surface area (Å²) in [6.07, 6.45) is 1.56. The van der Waals surface area contributed by atoms with E-state index < -0.39 is 10.0 Å². The monoisotopic (exact) mass is 449 g/mol. The topological polar surface area (TPSA) is 90.3 Å². The van der Waals surface area contributed by atoms with E-state index in [0.29, 0.717) is 16.9 Å². The van der Waals surface area contributed by atoms with E-state index in [1.807, 2.05) is 30.3 Å². The summed E-state index contributed by atoms with van der Waals surface area (Å²) in [6.45, 7) is 1.88. The molecule has 32 heavy (non-hydrogen) atoms. The van der Waals surface area contributed by atoms with Crippen LogP contribution in [-0.4, -0.2) is 18.0 Å². The summed E-state index contributed by atoms with van der Waals surface area (Å²) in [6, 6.07) is 19.5. The molecule has 8 heteroatoms. The first-order valence-electron chi connectivity index (χ1n) is 10.1. The number of nitrogens with one attached hydrogen (secondary N) is 1. The van der Waals surface area contributed by atoms with Crippen molar-refractivity contribution in [1.29, 1.82) is 0 Å². The molecule has 0 amide bonds. The first kappa shape index (κ1) is 21.7. The average molecular weight is 450 g/mol. The van der Waals surface area contributed by atoms with Crippen LogP contribution in [0.15, 0.2) is 82.6 Å². The molecule has 0 bridgehead atoms. The van der Waals surface area contributed by atoms with Crippen molar-refractivity contribution in [1.82, 2.24) is 14.3 Å². The smallest absolute Gasteiger partial charge is 0.243 e. The summed E-state index contributed by atoms with van der Waals surface area (Å²) in [4.78, 5) is 17.0. The molecule has 0 atom stereocenters. The van der Waals surface area contributed by atoms with Gasteiger partial charge in [0.25, 0.3) is 0 Å². The van der Waals surface area contributed by atoms with E-state index in [-0.39, 0.29) is 29.2 Å². The van der Waals surface area contributed by atoms with Crippen molar-refractivity contribution in [2.45, 2.75) is 25.0 Å². The van der Waals surface area contributed by atoms with Gasteiger partial charge >= 0.3 is 0 Å². The molecule has 0 saturated heterocycles. The van der Waals surface area contributed by atoms with Crippen molar-refractivity contribution >= 4 is 20.9 Å². The predicted molar refractivity (Wildman–Crippen MR) is 123 cm³/mol. The molecule has 2 aromatic heterocycles. The number of aryl methyl sites for hydroxylation is 1. The molecule has 0 unspecified atom stereocenters. The highest BCUT2D eigenvalue weighted by Crippen LogP contribution is 2.22. The van der Waals surface area contributed by atoms with Crippen molar-refractivity contribution in [3.05, 3.63) is 100 Å². The first-order chi connectivity index (χ1) is 15.4. The number of benzene rings is 2. The van der Waals surface area contributed by atoms with Crippen LogP contribution in [0.5, 0.6) is 5.75 Å². The Morgan fingerprint density at radius 1 is 1.03 bits per heavy atom. The van der Waals surface area contributed by atoms with Gasteiger partial charge in [0, 0.05) is 30.4 Å². The number of hydrogen-bond acceptors (Lipinski definition) is 5. The molecule has 0 aliphatic carbocycles. The standard InChI is InChI=1S/C24H23N3O4S/c1-17-14-21(28)24(31-16-18-8-4-3-5-9-18)20(27(17)2)15-26-32(29,30)22-12-6-10-19-11-7-13-25-23(19)22/h3-14,26H,15-16H2,1-2H3. The van der Waals surface area contributed by atoms with Crippen molar-refractivity contribution in [3.8, 4) is 5.75 Å². The minimum absolute atomic E-state index is 0.0833. The maximum atomic E-state index is 13.1. The van der Waals surface area contributed by atoms with Gasteiger partial charge in [-0.3, -0.25) is 9.78 Å². The Labute approximate surface area is 186 Å². The van der Waals surface area contributed by atoms with Crippen LogP contribution >= 0.6 is 0 Å².